The largest absolute Gasteiger partial charge is 0.327 e. The van der Waals surface area contributed by atoms with Crippen LogP contribution in [-0.4, -0.2) is 30.1 Å². The fraction of sp³-hybridized carbons (Fsp3) is 0.778. The molecule has 2 N–H and O–H groups in total. The van der Waals surface area contributed by atoms with Crippen LogP contribution in [0.25, 0.3) is 0 Å². The first-order valence-corrected chi connectivity index (χ1v) is 4.36. The molecule has 0 radical (unpaired) electrons. The molecule has 0 aromatic carbocycles. The summed E-state index contributed by atoms with van der Waals surface area (Å²) >= 11 is 0. The van der Waals surface area contributed by atoms with Crippen LogP contribution in [0.15, 0.2) is 12.7 Å². The van der Waals surface area contributed by atoms with E-state index in [1.807, 2.05) is 6.08 Å². The molecule has 64 valence electrons. The minimum atomic E-state index is 0.381. The summed E-state index contributed by atoms with van der Waals surface area (Å²) in [5, 5.41) is 0. The van der Waals surface area contributed by atoms with Crippen LogP contribution in [0.3, 0.4) is 0 Å². The number of nitrogens with zero attached hydrogens (tertiary/aromatic N) is 1. The lowest BCUT2D eigenvalue weighted by molar-refractivity contribution is 0.184. The molecule has 0 saturated carbocycles. The molecule has 0 amide bonds. The van der Waals surface area contributed by atoms with E-state index in [-0.39, 0.29) is 0 Å². The van der Waals surface area contributed by atoms with Crippen molar-refractivity contribution in [3.05, 3.63) is 12.7 Å². The predicted octanol–water partition coefficient (Wildman–Crippen LogP) is 0.984. The first-order valence-electron chi connectivity index (χ1n) is 4.36. The molecule has 1 rings (SSSR count). The van der Waals surface area contributed by atoms with Crippen molar-refractivity contribution in [1.82, 2.24) is 4.90 Å². The first-order chi connectivity index (χ1) is 5.24. The van der Waals surface area contributed by atoms with E-state index < -0.39 is 0 Å². The average molecular weight is 154 g/mol. The van der Waals surface area contributed by atoms with Gasteiger partial charge in [0.2, 0.25) is 0 Å². The Hall–Kier alpha value is -0.340. The Labute approximate surface area is 69.1 Å². The van der Waals surface area contributed by atoms with Gasteiger partial charge in [0.15, 0.2) is 0 Å². The summed E-state index contributed by atoms with van der Waals surface area (Å²) in [6.07, 6.45) is 4.40. The van der Waals surface area contributed by atoms with E-state index in [2.05, 4.69) is 18.4 Å². The maximum Gasteiger partial charge on any atom is 0.0247 e. The molecule has 0 aromatic heterocycles. The van der Waals surface area contributed by atoms with E-state index in [4.69, 9.17) is 5.73 Å². The molecule has 1 aliphatic heterocycles. The second-order valence-electron chi connectivity index (χ2n) is 3.37. The fourth-order valence-electron chi connectivity index (χ4n) is 1.56. The Morgan fingerprint density at radius 1 is 1.73 bits per heavy atom. The SMILES string of the molecule is C=CC(C)N1CCCC(N)C1. The van der Waals surface area contributed by atoms with Crippen LogP contribution in [0.2, 0.25) is 0 Å². The zero-order valence-electron chi connectivity index (χ0n) is 7.29. The molecule has 0 spiro atoms. The molecule has 1 heterocycles. The second-order valence-corrected chi connectivity index (χ2v) is 3.37. The molecular weight excluding hydrogens is 136 g/mol. The minimum absolute atomic E-state index is 0.381. The van der Waals surface area contributed by atoms with Gasteiger partial charge in [0.05, 0.1) is 0 Å². The summed E-state index contributed by atoms with van der Waals surface area (Å²) < 4.78 is 0. The standard InChI is InChI=1S/C9H18N2/c1-3-8(2)11-6-4-5-9(10)7-11/h3,8-9H,1,4-7,10H2,2H3. The summed E-state index contributed by atoms with van der Waals surface area (Å²) in [5.74, 6) is 0. The van der Waals surface area contributed by atoms with Crippen molar-refractivity contribution in [3.63, 3.8) is 0 Å². The highest BCUT2D eigenvalue weighted by atomic mass is 15.2. The second kappa shape index (κ2) is 3.88. The van der Waals surface area contributed by atoms with Gasteiger partial charge in [-0.3, -0.25) is 4.90 Å². The lowest BCUT2D eigenvalue weighted by Gasteiger charge is -2.33. The maximum atomic E-state index is 5.84. The molecule has 2 atom stereocenters. The summed E-state index contributed by atoms with van der Waals surface area (Å²) in [6.45, 7) is 8.17. The smallest absolute Gasteiger partial charge is 0.0247 e. The zero-order chi connectivity index (χ0) is 8.27. The normalized spacial score (nSPS) is 29.8. The Morgan fingerprint density at radius 3 is 3.00 bits per heavy atom. The molecule has 2 nitrogen and oxygen atoms in total. The number of rotatable bonds is 2. The number of piperidine rings is 1. The lowest BCUT2D eigenvalue weighted by atomic mass is 10.1. The first kappa shape index (κ1) is 8.75. The third-order valence-corrected chi connectivity index (χ3v) is 2.41. The molecule has 2 unspecified atom stereocenters. The number of likely N-dealkylation sites (tertiary alicyclic amines) is 1. The summed E-state index contributed by atoms with van der Waals surface area (Å²) in [7, 11) is 0. The van der Waals surface area contributed by atoms with Crippen LogP contribution >= 0.6 is 0 Å². The zero-order valence-corrected chi connectivity index (χ0v) is 7.29. The lowest BCUT2D eigenvalue weighted by Crippen LogP contribution is -2.46. The van der Waals surface area contributed by atoms with E-state index in [0.29, 0.717) is 12.1 Å². The molecule has 11 heavy (non-hydrogen) atoms. The highest BCUT2D eigenvalue weighted by molar-refractivity contribution is 4.87. The predicted molar refractivity (Wildman–Crippen MR) is 48.4 cm³/mol. The molecule has 0 aromatic rings. The van der Waals surface area contributed by atoms with Gasteiger partial charge >= 0.3 is 0 Å². The third-order valence-electron chi connectivity index (χ3n) is 2.41. The van der Waals surface area contributed by atoms with Crippen LogP contribution < -0.4 is 5.73 Å². The Balaban J connectivity index is 2.38. The van der Waals surface area contributed by atoms with Gasteiger partial charge in [-0.2, -0.15) is 0 Å². The van der Waals surface area contributed by atoms with Gasteiger partial charge < -0.3 is 5.73 Å². The van der Waals surface area contributed by atoms with Gasteiger partial charge in [-0.15, -0.1) is 6.58 Å². The molecule has 0 bridgehead atoms. The van der Waals surface area contributed by atoms with Gasteiger partial charge in [0.1, 0.15) is 0 Å². The number of hydrogen-bond acceptors (Lipinski definition) is 2. The fourth-order valence-corrected chi connectivity index (χ4v) is 1.56. The molecule has 2 heteroatoms. The summed E-state index contributed by atoms with van der Waals surface area (Å²) in [5.41, 5.74) is 5.84. The van der Waals surface area contributed by atoms with E-state index in [9.17, 15) is 0 Å². The Kier molecular flexibility index (Phi) is 3.09. The van der Waals surface area contributed by atoms with Crippen LogP contribution in [0, 0.1) is 0 Å². The minimum Gasteiger partial charge on any atom is -0.327 e. The monoisotopic (exact) mass is 154 g/mol. The molecule has 0 aliphatic carbocycles. The number of nitrogens with two attached hydrogens (primary N) is 1. The average Bonchev–Trinajstić information content (AvgIpc) is 2.03. The third kappa shape index (κ3) is 2.31. The van der Waals surface area contributed by atoms with E-state index in [1.54, 1.807) is 0 Å². The van der Waals surface area contributed by atoms with Gasteiger partial charge in [-0.05, 0) is 26.3 Å². The van der Waals surface area contributed by atoms with E-state index in [1.165, 1.54) is 19.4 Å². The quantitative estimate of drug-likeness (QED) is 0.601. The van der Waals surface area contributed by atoms with Crippen LogP contribution in [-0.2, 0) is 0 Å². The highest BCUT2D eigenvalue weighted by Gasteiger charge is 2.18. The molecular formula is C9H18N2. The Bertz CT molecular complexity index is 134. The van der Waals surface area contributed by atoms with E-state index >= 15 is 0 Å². The number of hydrogen-bond donors (Lipinski definition) is 1. The van der Waals surface area contributed by atoms with Crippen molar-refractivity contribution in [2.45, 2.75) is 31.8 Å². The van der Waals surface area contributed by atoms with E-state index in [0.717, 1.165) is 6.54 Å². The van der Waals surface area contributed by atoms with Gasteiger partial charge in [-0.1, -0.05) is 6.08 Å². The van der Waals surface area contributed by atoms with Crippen LogP contribution in [0.4, 0.5) is 0 Å². The highest BCUT2D eigenvalue weighted by Crippen LogP contribution is 2.11. The molecule has 1 saturated heterocycles. The Morgan fingerprint density at radius 2 is 2.45 bits per heavy atom. The van der Waals surface area contributed by atoms with Gasteiger partial charge in [0, 0.05) is 18.6 Å². The van der Waals surface area contributed by atoms with Crippen LogP contribution in [0.5, 0.6) is 0 Å². The van der Waals surface area contributed by atoms with Crippen molar-refractivity contribution < 1.29 is 0 Å². The van der Waals surface area contributed by atoms with Crippen molar-refractivity contribution in [2.24, 2.45) is 5.73 Å². The summed E-state index contributed by atoms with van der Waals surface area (Å²) in [6, 6.07) is 0.868. The van der Waals surface area contributed by atoms with Crippen molar-refractivity contribution in [1.29, 1.82) is 0 Å². The molecule has 1 fully saturated rings. The van der Waals surface area contributed by atoms with Gasteiger partial charge in [0.25, 0.3) is 0 Å². The maximum absolute atomic E-state index is 5.84. The van der Waals surface area contributed by atoms with Gasteiger partial charge in [-0.25, -0.2) is 0 Å². The van der Waals surface area contributed by atoms with Crippen molar-refractivity contribution >= 4 is 0 Å². The topological polar surface area (TPSA) is 29.3 Å². The van der Waals surface area contributed by atoms with Crippen molar-refractivity contribution in [3.8, 4) is 0 Å². The summed E-state index contributed by atoms with van der Waals surface area (Å²) in [4.78, 5) is 2.39. The van der Waals surface area contributed by atoms with Crippen molar-refractivity contribution in [2.75, 3.05) is 13.1 Å². The van der Waals surface area contributed by atoms with Crippen LogP contribution in [0.1, 0.15) is 19.8 Å². The molecule has 1 aliphatic rings.